The lowest BCUT2D eigenvalue weighted by molar-refractivity contribution is -0.145. The van der Waals surface area contributed by atoms with Crippen molar-refractivity contribution in [2.24, 2.45) is 5.92 Å². The maximum Gasteiger partial charge on any atom is 0.309 e. The first kappa shape index (κ1) is 15.1. The van der Waals surface area contributed by atoms with Gasteiger partial charge in [-0.25, -0.2) is 0 Å². The maximum absolute atomic E-state index is 11.3. The number of halogens is 2. The molecule has 1 aromatic rings. The fourth-order valence-corrected chi connectivity index (χ4v) is 1.44. The summed E-state index contributed by atoms with van der Waals surface area (Å²) in [6.07, 6.45) is 0.215. The van der Waals surface area contributed by atoms with Gasteiger partial charge in [-0.1, -0.05) is 37.0 Å². The minimum absolute atomic E-state index is 0.215. The third kappa shape index (κ3) is 5.61. The van der Waals surface area contributed by atoms with E-state index in [1.807, 2.05) is 13.8 Å². The van der Waals surface area contributed by atoms with E-state index >= 15 is 0 Å². The van der Waals surface area contributed by atoms with E-state index in [2.05, 4.69) is 0 Å². The van der Waals surface area contributed by atoms with Crippen LogP contribution >= 0.6 is 23.2 Å². The van der Waals surface area contributed by atoms with Gasteiger partial charge >= 0.3 is 5.97 Å². The molecule has 0 amide bonds. The Morgan fingerprint density at radius 3 is 2.61 bits per heavy atom. The molecule has 0 atom stereocenters. The van der Waals surface area contributed by atoms with Crippen LogP contribution < -0.4 is 4.74 Å². The Morgan fingerprint density at radius 1 is 1.28 bits per heavy atom. The highest BCUT2D eigenvalue weighted by Crippen LogP contribution is 2.26. The molecule has 0 spiro atoms. The minimum Gasteiger partial charge on any atom is -0.493 e. The zero-order valence-corrected chi connectivity index (χ0v) is 11.9. The molecule has 0 radical (unpaired) electrons. The second-order valence-corrected chi connectivity index (χ2v) is 5.07. The molecule has 18 heavy (non-hydrogen) atoms. The molecule has 0 unspecified atom stereocenters. The van der Waals surface area contributed by atoms with Crippen LogP contribution in [0.3, 0.4) is 0 Å². The predicted octanol–water partition coefficient (Wildman–Crippen LogP) is 3.96. The third-order valence-corrected chi connectivity index (χ3v) is 2.78. The van der Waals surface area contributed by atoms with Gasteiger partial charge in [0, 0.05) is 6.07 Å². The topological polar surface area (TPSA) is 35.5 Å². The molecule has 0 aliphatic rings. The van der Waals surface area contributed by atoms with Crippen LogP contribution in [-0.2, 0) is 9.53 Å². The average Bonchev–Trinajstić information content (AvgIpc) is 2.31. The highest BCUT2D eigenvalue weighted by molar-refractivity contribution is 6.42. The van der Waals surface area contributed by atoms with Crippen LogP contribution in [0.15, 0.2) is 18.2 Å². The number of carbonyl (C=O) groups excluding carboxylic acids is 1. The van der Waals surface area contributed by atoms with E-state index in [1.54, 1.807) is 18.2 Å². The fraction of sp³-hybridized carbons (Fsp3) is 0.462. The molecule has 5 heteroatoms. The van der Waals surface area contributed by atoms with Crippen molar-refractivity contribution in [2.75, 3.05) is 13.2 Å². The van der Waals surface area contributed by atoms with Crippen molar-refractivity contribution >= 4 is 29.2 Å². The summed E-state index contributed by atoms with van der Waals surface area (Å²) in [5, 5.41) is 0.900. The van der Waals surface area contributed by atoms with Crippen LogP contribution in [0.1, 0.15) is 20.3 Å². The normalized spacial score (nSPS) is 10.5. The van der Waals surface area contributed by atoms with Crippen molar-refractivity contribution in [1.82, 2.24) is 0 Å². The molecule has 0 saturated heterocycles. The van der Waals surface area contributed by atoms with Crippen molar-refractivity contribution in [3.63, 3.8) is 0 Å². The Morgan fingerprint density at radius 2 is 2.00 bits per heavy atom. The van der Waals surface area contributed by atoms with Crippen LogP contribution in [-0.4, -0.2) is 19.2 Å². The molecule has 1 aromatic carbocycles. The summed E-state index contributed by atoms with van der Waals surface area (Å²) < 4.78 is 10.4. The Balaban J connectivity index is 2.28. The van der Waals surface area contributed by atoms with Gasteiger partial charge < -0.3 is 9.47 Å². The molecular formula is C13H16Cl2O3. The number of esters is 1. The largest absolute Gasteiger partial charge is 0.493 e. The number of benzene rings is 1. The van der Waals surface area contributed by atoms with Crippen molar-refractivity contribution in [1.29, 1.82) is 0 Å². The lowest BCUT2D eigenvalue weighted by Crippen LogP contribution is -2.13. The zero-order valence-electron chi connectivity index (χ0n) is 10.4. The fourth-order valence-electron chi connectivity index (χ4n) is 1.15. The molecular weight excluding hydrogens is 275 g/mol. The summed E-state index contributed by atoms with van der Waals surface area (Å²) in [6, 6.07) is 4.97. The lowest BCUT2D eigenvalue weighted by Gasteiger charge is -2.08. The van der Waals surface area contributed by atoms with Crippen LogP contribution in [0, 0.1) is 5.92 Å². The van der Waals surface area contributed by atoms with E-state index < -0.39 is 0 Å². The van der Waals surface area contributed by atoms with Gasteiger partial charge in [0.1, 0.15) is 5.75 Å². The summed E-state index contributed by atoms with van der Waals surface area (Å²) in [4.78, 5) is 11.3. The molecule has 0 aliphatic carbocycles. The maximum atomic E-state index is 11.3. The molecule has 0 bridgehead atoms. The van der Waals surface area contributed by atoms with E-state index in [0.717, 1.165) is 0 Å². The van der Waals surface area contributed by atoms with Gasteiger partial charge in [-0.2, -0.15) is 0 Å². The van der Waals surface area contributed by atoms with Crippen molar-refractivity contribution in [2.45, 2.75) is 20.3 Å². The van der Waals surface area contributed by atoms with E-state index in [1.165, 1.54) is 0 Å². The molecule has 0 aromatic heterocycles. The van der Waals surface area contributed by atoms with Gasteiger partial charge in [-0.15, -0.1) is 0 Å². The molecule has 0 aliphatic heterocycles. The summed E-state index contributed by atoms with van der Waals surface area (Å²) in [5.74, 6) is 0.662. The van der Waals surface area contributed by atoms with Crippen LogP contribution in [0.25, 0.3) is 0 Å². The van der Waals surface area contributed by atoms with E-state index in [4.69, 9.17) is 32.7 Å². The first-order valence-electron chi connectivity index (χ1n) is 5.72. The van der Waals surface area contributed by atoms with Gasteiger partial charge in [0.15, 0.2) is 0 Å². The second-order valence-electron chi connectivity index (χ2n) is 4.25. The summed E-state index contributed by atoms with van der Waals surface area (Å²) in [5.41, 5.74) is 0. The minimum atomic E-state index is -0.260. The summed E-state index contributed by atoms with van der Waals surface area (Å²) >= 11 is 11.6. The third-order valence-electron chi connectivity index (χ3n) is 2.04. The molecule has 0 heterocycles. The Bertz CT molecular complexity index is 405. The molecule has 3 nitrogen and oxygen atoms in total. The van der Waals surface area contributed by atoms with Gasteiger partial charge in [0.05, 0.1) is 29.7 Å². The van der Waals surface area contributed by atoms with E-state index in [0.29, 0.717) is 28.3 Å². The predicted molar refractivity (Wildman–Crippen MR) is 72.4 cm³/mol. The highest BCUT2D eigenvalue weighted by atomic mass is 35.5. The summed E-state index contributed by atoms with van der Waals surface area (Å²) in [6.45, 7) is 4.67. The summed E-state index contributed by atoms with van der Waals surface area (Å²) in [7, 11) is 0. The van der Waals surface area contributed by atoms with Crippen LogP contribution in [0.4, 0.5) is 0 Å². The Labute approximate surface area is 117 Å². The first-order chi connectivity index (χ1) is 8.49. The second kappa shape index (κ2) is 7.49. The van der Waals surface area contributed by atoms with E-state index in [9.17, 15) is 4.79 Å². The van der Waals surface area contributed by atoms with Crippen molar-refractivity contribution in [3.05, 3.63) is 28.2 Å². The van der Waals surface area contributed by atoms with Gasteiger partial charge in [-0.3, -0.25) is 4.79 Å². The van der Waals surface area contributed by atoms with Gasteiger partial charge in [0.2, 0.25) is 0 Å². The van der Waals surface area contributed by atoms with Gasteiger partial charge in [-0.05, 0) is 18.1 Å². The number of ether oxygens (including phenoxy) is 2. The Hall–Kier alpha value is -0.930. The average molecular weight is 291 g/mol. The zero-order chi connectivity index (χ0) is 13.5. The first-order valence-corrected chi connectivity index (χ1v) is 6.48. The molecule has 0 fully saturated rings. The Kier molecular flexibility index (Phi) is 6.30. The monoisotopic (exact) mass is 290 g/mol. The molecule has 1 rings (SSSR count). The number of hydrogen-bond donors (Lipinski definition) is 0. The number of carbonyl (C=O) groups is 1. The number of hydrogen-bond acceptors (Lipinski definition) is 3. The van der Waals surface area contributed by atoms with E-state index in [-0.39, 0.29) is 19.0 Å². The van der Waals surface area contributed by atoms with Crippen LogP contribution in [0.2, 0.25) is 10.0 Å². The lowest BCUT2D eigenvalue weighted by atomic mass is 10.2. The highest BCUT2D eigenvalue weighted by Gasteiger charge is 2.05. The molecule has 100 valence electrons. The van der Waals surface area contributed by atoms with Crippen molar-refractivity contribution < 1.29 is 14.3 Å². The van der Waals surface area contributed by atoms with Crippen LogP contribution in [0.5, 0.6) is 5.75 Å². The van der Waals surface area contributed by atoms with Gasteiger partial charge in [0.25, 0.3) is 0 Å². The smallest absolute Gasteiger partial charge is 0.309 e. The number of rotatable bonds is 6. The van der Waals surface area contributed by atoms with Crippen molar-refractivity contribution in [3.8, 4) is 5.75 Å². The quantitative estimate of drug-likeness (QED) is 0.744. The standard InChI is InChI=1S/C13H16Cl2O3/c1-9(2)8-18-13(16)5-6-17-10-3-4-11(14)12(15)7-10/h3-4,7,9H,5-6,8H2,1-2H3. The SMILES string of the molecule is CC(C)COC(=O)CCOc1ccc(Cl)c(Cl)c1. The molecule has 0 N–H and O–H groups in total. The molecule has 0 saturated carbocycles.